The molecule has 0 bridgehead atoms. The summed E-state index contributed by atoms with van der Waals surface area (Å²) in [5, 5.41) is 3.63. The van der Waals surface area contributed by atoms with Crippen molar-refractivity contribution in [3.8, 4) is 0 Å². The molecule has 3 heterocycles. The molecule has 1 N–H and O–H groups in total. The van der Waals surface area contributed by atoms with E-state index < -0.39 is 28.8 Å². The summed E-state index contributed by atoms with van der Waals surface area (Å²) in [6.45, 7) is 7.57. The van der Waals surface area contributed by atoms with Crippen LogP contribution in [0, 0.1) is 11.3 Å². The lowest BCUT2D eigenvalue weighted by molar-refractivity contribution is -0.128. The van der Waals surface area contributed by atoms with Crippen LogP contribution in [-0.4, -0.2) is 29.6 Å². The molecular weight excluding hydrogens is 531 g/mol. The number of hydrogen-bond donors (Lipinski definition) is 1. The molecule has 1 amide bonds. The van der Waals surface area contributed by atoms with E-state index in [1.165, 1.54) is 6.07 Å². The monoisotopic (exact) mass is 558 g/mol. The topological polar surface area (TPSA) is 66.5 Å². The van der Waals surface area contributed by atoms with E-state index in [2.05, 4.69) is 5.32 Å². The third-order valence-electron chi connectivity index (χ3n) is 8.37. The van der Waals surface area contributed by atoms with Gasteiger partial charge < -0.3 is 10.2 Å². The molecule has 3 aromatic rings. The van der Waals surface area contributed by atoms with E-state index in [0.717, 1.165) is 16.8 Å². The summed E-state index contributed by atoms with van der Waals surface area (Å²) in [7, 11) is 0. The van der Waals surface area contributed by atoms with Gasteiger partial charge in [0.2, 0.25) is 5.91 Å². The predicted molar refractivity (Wildman–Crippen MR) is 156 cm³/mol. The first-order chi connectivity index (χ1) is 18.5. The fourth-order valence-electron chi connectivity index (χ4n) is 6.69. The minimum atomic E-state index is -1.36. The molecule has 3 aliphatic rings. The molecule has 0 aliphatic carbocycles. The standard InChI is InChI=1S/C32H28Cl2N2O3/c1-17-15-25-32(21-10-6-7-11-23(21)35-30(32)39)26(28(37)20-14-13-18(33)16-22(20)34)27(29(38)31(2,3)4)36(25)24-12-8-5-9-19(17)24/h5-16,25-27H,1-4H3,(H,35,39)/t25-,26-,27+,32-/m0/s1. The number of hydrogen-bond acceptors (Lipinski definition) is 4. The van der Waals surface area contributed by atoms with Crippen molar-refractivity contribution in [1.82, 2.24) is 0 Å². The maximum atomic E-state index is 14.8. The van der Waals surface area contributed by atoms with E-state index in [1.54, 1.807) is 12.1 Å². The molecule has 7 heteroatoms. The molecule has 3 aliphatic heterocycles. The zero-order valence-corrected chi connectivity index (χ0v) is 23.6. The number of para-hydroxylation sites is 2. The average molecular weight is 559 g/mol. The first kappa shape index (κ1) is 25.8. The summed E-state index contributed by atoms with van der Waals surface area (Å²) >= 11 is 12.8. The van der Waals surface area contributed by atoms with Gasteiger partial charge in [-0.15, -0.1) is 0 Å². The van der Waals surface area contributed by atoms with Gasteiger partial charge in [-0.05, 0) is 48.4 Å². The Bertz CT molecular complexity index is 1600. The highest BCUT2D eigenvalue weighted by Gasteiger charge is 2.71. The first-order valence-corrected chi connectivity index (χ1v) is 13.7. The quantitative estimate of drug-likeness (QED) is 0.352. The third-order valence-corrected chi connectivity index (χ3v) is 8.92. The lowest BCUT2D eigenvalue weighted by Gasteiger charge is -2.39. The number of halogens is 2. The van der Waals surface area contributed by atoms with E-state index in [4.69, 9.17) is 23.2 Å². The Kier molecular flexibility index (Phi) is 5.83. The molecular formula is C32H28Cl2N2O3. The predicted octanol–water partition coefficient (Wildman–Crippen LogP) is 6.97. The van der Waals surface area contributed by atoms with Crippen LogP contribution in [0.15, 0.2) is 72.8 Å². The molecule has 0 unspecified atom stereocenters. The van der Waals surface area contributed by atoms with Crippen molar-refractivity contribution in [2.24, 2.45) is 11.3 Å². The number of rotatable bonds is 3. The summed E-state index contributed by atoms with van der Waals surface area (Å²) in [5.74, 6) is -1.82. The maximum Gasteiger partial charge on any atom is 0.238 e. The van der Waals surface area contributed by atoms with Crippen molar-refractivity contribution in [2.45, 2.75) is 45.2 Å². The van der Waals surface area contributed by atoms with Crippen molar-refractivity contribution in [3.63, 3.8) is 0 Å². The normalized spacial score (nSPS) is 25.1. The zero-order chi connectivity index (χ0) is 27.9. The molecule has 6 rings (SSSR count). The van der Waals surface area contributed by atoms with Crippen molar-refractivity contribution >= 4 is 57.6 Å². The number of nitrogens with zero attached hydrogens (tertiary/aromatic N) is 1. The Morgan fingerprint density at radius 3 is 2.38 bits per heavy atom. The zero-order valence-electron chi connectivity index (χ0n) is 22.1. The number of Topliss-reactive ketones (excluding diaryl/α,β-unsaturated/α-hetero) is 2. The van der Waals surface area contributed by atoms with Gasteiger partial charge in [0.1, 0.15) is 11.5 Å². The van der Waals surface area contributed by atoms with Gasteiger partial charge in [-0.2, -0.15) is 0 Å². The number of carbonyl (C=O) groups excluding carboxylic acids is 3. The number of carbonyl (C=O) groups is 3. The van der Waals surface area contributed by atoms with Crippen LogP contribution in [0.2, 0.25) is 10.0 Å². The van der Waals surface area contributed by atoms with Crippen molar-refractivity contribution in [2.75, 3.05) is 10.2 Å². The van der Waals surface area contributed by atoms with Gasteiger partial charge >= 0.3 is 0 Å². The van der Waals surface area contributed by atoms with Crippen LogP contribution in [-0.2, 0) is 15.0 Å². The third kappa shape index (κ3) is 3.56. The molecule has 0 saturated carbocycles. The number of allylic oxidation sites excluding steroid dienone is 1. The Morgan fingerprint density at radius 2 is 1.67 bits per heavy atom. The molecule has 0 aromatic heterocycles. The molecule has 1 fully saturated rings. The first-order valence-electron chi connectivity index (χ1n) is 13.0. The fraction of sp³-hybridized carbons (Fsp3) is 0.281. The highest BCUT2D eigenvalue weighted by atomic mass is 35.5. The van der Waals surface area contributed by atoms with Crippen LogP contribution < -0.4 is 10.2 Å². The summed E-state index contributed by atoms with van der Waals surface area (Å²) in [6, 6.07) is 18.5. The second-order valence-electron chi connectivity index (χ2n) is 11.6. The number of benzene rings is 3. The summed E-state index contributed by atoms with van der Waals surface area (Å²) < 4.78 is 0. The largest absolute Gasteiger partial charge is 0.352 e. The van der Waals surface area contributed by atoms with E-state index >= 15 is 0 Å². The summed E-state index contributed by atoms with van der Waals surface area (Å²) in [4.78, 5) is 45.6. The Hall–Kier alpha value is -3.41. The van der Waals surface area contributed by atoms with E-state index in [-0.39, 0.29) is 28.1 Å². The molecule has 1 spiro atoms. The average Bonchev–Trinajstić information content (AvgIpc) is 3.35. The van der Waals surface area contributed by atoms with Gasteiger partial charge in [-0.3, -0.25) is 14.4 Å². The summed E-state index contributed by atoms with van der Waals surface area (Å²) in [6.07, 6.45) is 2.05. The number of nitrogens with one attached hydrogen (secondary N) is 1. The Morgan fingerprint density at radius 1 is 0.974 bits per heavy atom. The smallest absolute Gasteiger partial charge is 0.238 e. The van der Waals surface area contributed by atoms with Gasteiger partial charge in [0.15, 0.2) is 11.6 Å². The molecule has 0 radical (unpaired) electrons. The van der Waals surface area contributed by atoms with Crippen LogP contribution >= 0.6 is 23.2 Å². The molecule has 198 valence electrons. The van der Waals surface area contributed by atoms with Gasteiger partial charge in [0.05, 0.1) is 17.0 Å². The lowest BCUT2D eigenvalue weighted by atomic mass is 9.63. The van der Waals surface area contributed by atoms with Crippen molar-refractivity contribution in [3.05, 3.63) is 99.5 Å². The molecule has 4 atom stereocenters. The lowest BCUT2D eigenvalue weighted by Crippen LogP contribution is -2.51. The maximum absolute atomic E-state index is 14.8. The van der Waals surface area contributed by atoms with Gasteiger partial charge in [-0.1, -0.05) is 86.4 Å². The van der Waals surface area contributed by atoms with Crippen LogP contribution in [0.4, 0.5) is 11.4 Å². The van der Waals surface area contributed by atoms with Gasteiger partial charge in [0, 0.05) is 32.9 Å². The number of fused-ring (bicyclic) bond motifs is 6. The molecule has 5 nitrogen and oxygen atoms in total. The molecule has 39 heavy (non-hydrogen) atoms. The van der Waals surface area contributed by atoms with Crippen LogP contribution in [0.1, 0.15) is 49.2 Å². The van der Waals surface area contributed by atoms with Crippen molar-refractivity contribution in [1.29, 1.82) is 0 Å². The Labute approximate surface area is 237 Å². The van der Waals surface area contributed by atoms with E-state index in [9.17, 15) is 14.4 Å². The number of ketones is 2. The number of amides is 1. The minimum Gasteiger partial charge on any atom is -0.352 e. The highest BCUT2D eigenvalue weighted by molar-refractivity contribution is 6.37. The van der Waals surface area contributed by atoms with Crippen LogP contribution in [0.3, 0.4) is 0 Å². The highest BCUT2D eigenvalue weighted by Crippen LogP contribution is 2.59. The van der Waals surface area contributed by atoms with E-state index in [1.807, 2.05) is 87.2 Å². The van der Waals surface area contributed by atoms with Gasteiger partial charge in [0.25, 0.3) is 0 Å². The summed E-state index contributed by atoms with van der Waals surface area (Å²) in [5.41, 5.74) is 2.24. The second kappa shape index (κ2) is 8.80. The minimum absolute atomic E-state index is 0.118. The molecule has 3 aromatic carbocycles. The molecule has 1 saturated heterocycles. The van der Waals surface area contributed by atoms with Gasteiger partial charge in [-0.25, -0.2) is 0 Å². The van der Waals surface area contributed by atoms with Crippen molar-refractivity contribution < 1.29 is 14.4 Å². The van der Waals surface area contributed by atoms with Crippen LogP contribution in [0.5, 0.6) is 0 Å². The van der Waals surface area contributed by atoms with Crippen LogP contribution in [0.25, 0.3) is 5.57 Å². The SMILES string of the molecule is CC1=C[C@@H]2N(c3ccccc31)[C@@H](C(=O)C(C)(C)C)[C@@H](C(=O)c1ccc(Cl)cc1Cl)[C@@]21C(=O)Nc2ccccc21. The number of anilines is 2. The fourth-order valence-corrected chi connectivity index (χ4v) is 7.19. The van der Waals surface area contributed by atoms with E-state index in [0.29, 0.717) is 16.3 Å². The second-order valence-corrected chi connectivity index (χ2v) is 12.5. The Balaban J connectivity index is 1.71.